The first-order valence-electron chi connectivity index (χ1n) is 5.67. The molecular weight excluding hydrogens is 294 g/mol. The molecule has 94 valence electrons. The van der Waals surface area contributed by atoms with Crippen LogP contribution in [0.1, 0.15) is 25.0 Å². The molecule has 0 spiro atoms. The SMILES string of the molecule is CC1=C(C)C(=O)N(c2c(C)cc(Br)cc2C)C1=O. The maximum absolute atomic E-state index is 12.2. The number of imide groups is 1. The lowest BCUT2D eigenvalue weighted by atomic mass is 10.1. The van der Waals surface area contributed by atoms with Crippen molar-refractivity contribution in [2.24, 2.45) is 0 Å². The van der Waals surface area contributed by atoms with Crippen molar-refractivity contribution in [2.75, 3.05) is 4.90 Å². The van der Waals surface area contributed by atoms with Crippen molar-refractivity contribution >= 4 is 33.4 Å². The van der Waals surface area contributed by atoms with Gasteiger partial charge in [0.2, 0.25) is 0 Å². The van der Waals surface area contributed by atoms with Crippen LogP contribution in [-0.2, 0) is 9.59 Å². The number of anilines is 1. The lowest BCUT2D eigenvalue weighted by Gasteiger charge is -2.20. The van der Waals surface area contributed by atoms with Gasteiger partial charge in [0.05, 0.1) is 5.69 Å². The zero-order chi connectivity index (χ0) is 13.6. The van der Waals surface area contributed by atoms with Crippen molar-refractivity contribution in [1.29, 1.82) is 0 Å². The Morgan fingerprint density at radius 3 is 1.67 bits per heavy atom. The lowest BCUT2D eigenvalue weighted by Crippen LogP contribution is -2.32. The average molecular weight is 308 g/mol. The van der Waals surface area contributed by atoms with Gasteiger partial charge in [-0.05, 0) is 51.0 Å². The molecule has 2 rings (SSSR count). The van der Waals surface area contributed by atoms with Crippen LogP contribution in [0.4, 0.5) is 5.69 Å². The van der Waals surface area contributed by atoms with E-state index in [4.69, 9.17) is 0 Å². The number of halogens is 1. The minimum Gasteiger partial charge on any atom is -0.269 e. The van der Waals surface area contributed by atoms with Gasteiger partial charge < -0.3 is 0 Å². The molecule has 0 atom stereocenters. The largest absolute Gasteiger partial charge is 0.269 e. The molecule has 0 aliphatic carbocycles. The number of carbonyl (C=O) groups excluding carboxylic acids is 2. The molecule has 2 amide bonds. The van der Waals surface area contributed by atoms with E-state index in [1.54, 1.807) is 13.8 Å². The van der Waals surface area contributed by atoms with Gasteiger partial charge in [-0.3, -0.25) is 9.59 Å². The molecular formula is C14H14BrNO2. The van der Waals surface area contributed by atoms with Crippen molar-refractivity contribution in [3.63, 3.8) is 0 Å². The first kappa shape index (κ1) is 13.0. The standard InChI is InChI=1S/C14H14BrNO2/c1-7-5-11(15)6-8(2)12(7)16-13(17)9(3)10(4)14(16)18/h5-6H,1-4H3. The van der Waals surface area contributed by atoms with Gasteiger partial charge in [0.25, 0.3) is 11.8 Å². The van der Waals surface area contributed by atoms with Crippen LogP contribution in [0.3, 0.4) is 0 Å². The van der Waals surface area contributed by atoms with Crippen LogP contribution in [-0.4, -0.2) is 11.8 Å². The van der Waals surface area contributed by atoms with Gasteiger partial charge in [0.15, 0.2) is 0 Å². The molecule has 3 nitrogen and oxygen atoms in total. The number of benzene rings is 1. The third kappa shape index (κ3) is 1.81. The maximum Gasteiger partial charge on any atom is 0.261 e. The van der Waals surface area contributed by atoms with Crippen molar-refractivity contribution in [3.05, 3.63) is 38.9 Å². The highest BCUT2D eigenvalue weighted by Crippen LogP contribution is 2.33. The van der Waals surface area contributed by atoms with Crippen LogP contribution in [0.2, 0.25) is 0 Å². The minimum atomic E-state index is -0.217. The highest BCUT2D eigenvalue weighted by molar-refractivity contribution is 9.10. The Kier molecular flexibility index (Phi) is 3.15. The second-order valence-electron chi connectivity index (χ2n) is 4.58. The average Bonchev–Trinajstić information content (AvgIpc) is 2.45. The summed E-state index contributed by atoms with van der Waals surface area (Å²) in [4.78, 5) is 25.6. The highest BCUT2D eigenvalue weighted by Gasteiger charge is 2.35. The molecule has 0 bridgehead atoms. The predicted molar refractivity (Wildman–Crippen MR) is 74.5 cm³/mol. The van der Waals surface area contributed by atoms with E-state index in [9.17, 15) is 9.59 Å². The second kappa shape index (κ2) is 4.35. The third-order valence-corrected chi connectivity index (χ3v) is 3.75. The van der Waals surface area contributed by atoms with Crippen LogP contribution in [0.25, 0.3) is 0 Å². The summed E-state index contributed by atoms with van der Waals surface area (Å²) in [5.41, 5.74) is 3.57. The van der Waals surface area contributed by atoms with E-state index >= 15 is 0 Å². The predicted octanol–water partition coefficient (Wildman–Crippen LogP) is 3.28. The number of aryl methyl sites for hydroxylation is 2. The highest BCUT2D eigenvalue weighted by atomic mass is 79.9. The van der Waals surface area contributed by atoms with Crippen LogP contribution < -0.4 is 4.90 Å². The summed E-state index contributed by atoms with van der Waals surface area (Å²) < 4.78 is 0.946. The molecule has 1 heterocycles. The molecule has 18 heavy (non-hydrogen) atoms. The first-order chi connectivity index (χ1) is 8.34. The first-order valence-corrected chi connectivity index (χ1v) is 6.47. The number of carbonyl (C=O) groups is 2. The summed E-state index contributed by atoms with van der Waals surface area (Å²) in [6, 6.07) is 3.82. The molecule has 1 aliphatic heterocycles. The van der Waals surface area contributed by atoms with Crippen LogP contribution >= 0.6 is 15.9 Å². The molecule has 0 N–H and O–H groups in total. The molecule has 0 radical (unpaired) electrons. The molecule has 4 heteroatoms. The van der Waals surface area contributed by atoms with Gasteiger partial charge in [-0.1, -0.05) is 15.9 Å². The van der Waals surface area contributed by atoms with Crippen LogP contribution in [0.5, 0.6) is 0 Å². The Morgan fingerprint density at radius 1 is 0.889 bits per heavy atom. The number of rotatable bonds is 1. The summed E-state index contributed by atoms with van der Waals surface area (Å²) >= 11 is 3.41. The van der Waals surface area contributed by atoms with Crippen molar-refractivity contribution < 1.29 is 9.59 Å². The summed E-state index contributed by atoms with van der Waals surface area (Å²) in [6.07, 6.45) is 0. The van der Waals surface area contributed by atoms with Crippen molar-refractivity contribution in [2.45, 2.75) is 27.7 Å². The Balaban J connectivity index is 2.60. The van der Waals surface area contributed by atoms with Gasteiger partial charge in [-0.15, -0.1) is 0 Å². The Labute approximate surface area is 115 Å². The van der Waals surface area contributed by atoms with Gasteiger partial charge in [0, 0.05) is 15.6 Å². The smallest absolute Gasteiger partial charge is 0.261 e. The van der Waals surface area contributed by atoms with Crippen molar-refractivity contribution in [3.8, 4) is 0 Å². The fourth-order valence-electron chi connectivity index (χ4n) is 2.21. The minimum absolute atomic E-state index is 0.217. The summed E-state index contributed by atoms with van der Waals surface area (Å²) in [5, 5.41) is 0. The fourth-order valence-corrected chi connectivity index (χ4v) is 2.89. The molecule has 1 aromatic carbocycles. The fraction of sp³-hybridized carbons (Fsp3) is 0.286. The number of nitrogens with zero attached hydrogens (tertiary/aromatic N) is 1. The molecule has 0 unspecified atom stereocenters. The summed E-state index contributed by atoms with van der Waals surface area (Å²) in [5.74, 6) is -0.433. The molecule has 0 saturated carbocycles. The molecule has 1 aliphatic rings. The van der Waals surface area contributed by atoms with Gasteiger partial charge in [-0.2, -0.15) is 0 Å². The molecule has 0 saturated heterocycles. The zero-order valence-electron chi connectivity index (χ0n) is 10.8. The topological polar surface area (TPSA) is 37.4 Å². The molecule has 0 aromatic heterocycles. The molecule has 1 aromatic rings. The van der Waals surface area contributed by atoms with E-state index in [1.807, 2.05) is 26.0 Å². The van der Waals surface area contributed by atoms with Crippen LogP contribution in [0.15, 0.2) is 27.8 Å². The van der Waals surface area contributed by atoms with E-state index in [-0.39, 0.29) is 11.8 Å². The van der Waals surface area contributed by atoms with E-state index in [1.165, 1.54) is 4.90 Å². The Bertz CT molecular complexity index is 555. The quantitative estimate of drug-likeness (QED) is 0.747. The third-order valence-electron chi connectivity index (χ3n) is 3.29. The normalized spacial score (nSPS) is 15.9. The maximum atomic E-state index is 12.2. The second-order valence-corrected chi connectivity index (χ2v) is 5.50. The number of hydrogen-bond acceptors (Lipinski definition) is 2. The van der Waals surface area contributed by atoms with E-state index in [2.05, 4.69) is 15.9 Å². The summed E-state index contributed by atoms with van der Waals surface area (Å²) in [7, 11) is 0. The number of amides is 2. The van der Waals surface area contributed by atoms with Gasteiger partial charge >= 0.3 is 0 Å². The van der Waals surface area contributed by atoms with Crippen LogP contribution in [0, 0.1) is 13.8 Å². The number of hydrogen-bond donors (Lipinski definition) is 0. The summed E-state index contributed by atoms with van der Waals surface area (Å²) in [6.45, 7) is 7.19. The molecule has 0 fully saturated rings. The van der Waals surface area contributed by atoms with E-state index < -0.39 is 0 Å². The Hall–Kier alpha value is -1.42. The Morgan fingerprint density at radius 2 is 1.28 bits per heavy atom. The van der Waals surface area contributed by atoms with E-state index in [0.29, 0.717) is 16.8 Å². The van der Waals surface area contributed by atoms with Gasteiger partial charge in [-0.25, -0.2) is 4.90 Å². The zero-order valence-corrected chi connectivity index (χ0v) is 12.4. The van der Waals surface area contributed by atoms with Crippen molar-refractivity contribution in [1.82, 2.24) is 0 Å². The van der Waals surface area contributed by atoms with Gasteiger partial charge in [0.1, 0.15) is 0 Å². The lowest BCUT2D eigenvalue weighted by molar-refractivity contribution is -0.120. The van der Waals surface area contributed by atoms with E-state index in [0.717, 1.165) is 15.6 Å². The monoisotopic (exact) mass is 307 g/mol.